The van der Waals surface area contributed by atoms with Gasteiger partial charge in [0.1, 0.15) is 5.69 Å². The van der Waals surface area contributed by atoms with Gasteiger partial charge in [-0.05, 0) is 30.2 Å². The number of allylic oxidation sites excluding steroid dienone is 2. The summed E-state index contributed by atoms with van der Waals surface area (Å²) in [6.07, 6.45) is 0.458. The van der Waals surface area contributed by atoms with Crippen LogP contribution >= 0.6 is 0 Å². The standard InChI is InChI=1S/C26H19N3O4/c1-16-14-21-24(17-8-4-2-5-9-17)25(18-10-6-3-7-11-18)27-28(21)26(31)23(16)19-12-13-22(30)20(15-19)29(32)33/h2-13,15,30H,14H2,1H3. The fourth-order valence-electron chi connectivity index (χ4n) is 4.31. The first-order valence-corrected chi connectivity index (χ1v) is 10.4. The van der Waals surface area contributed by atoms with E-state index in [4.69, 9.17) is 5.10 Å². The molecule has 0 saturated heterocycles. The second kappa shape index (κ2) is 7.87. The maximum atomic E-state index is 13.6. The maximum absolute atomic E-state index is 13.6. The second-order valence-electron chi connectivity index (χ2n) is 7.91. The highest BCUT2D eigenvalue weighted by Gasteiger charge is 2.32. The fourth-order valence-corrected chi connectivity index (χ4v) is 4.31. The molecule has 0 saturated carbocycles. The number of nitro groups is 1. The number of hydrogen-bond donors (Lipinski definition) is 1. The summed E-state index contributed by atoms with van der Waals surface area (Å²) < 4.78 is 1.41. The number of phenolic OH excluding ortho intramolecular Hbond substituents is 1. The van der Waals surface area contributed by atoms with Crippen LogP contribution in [-0.4, -0.2) is 25.7 Å². The van der Waals surface area contributed by atoms with E-state index in [0.29, 0.717) is 23.3 Å². The molecule has 0 amide bonds. The van der Waals surface area contributed by atoms with Crippen LogP contribution in [0.15, 0.2) is 84.4 Å². The van der Waals surface area contributed by atoms with Gasteiger partial charge in [0.05, 0.1) is 10.6 Å². The number of benzene rings is 3. The highest BCUT2D eigenvalue weighted by Crippen LogP contribution is 2.40. The average Bonchev–Trinajstić information content (AvgIpc) is 3.20. The third kappa shape index (κ3) is 3.40. The molecule has 1 aromatic heterocycles. The predicted octanol–water partition coefficient (Wildman–Crippen LogP) is 5.50. The van der Waals surface area contributed by atoms with Gasteiger partial charge in [0, 0.05) is 29.2 Å². The minimum Gasteiger partial charge on any atom is -0.502 e. The third-order valence-electron chi connectivity index (χ3n) is 5.82. The van der Waals surface area contributed by atoms with Crippen LogP contribution < -0.4 is 0 Å². The molecule has 1 aliphatic rings. The van der Waals surface area contributed by atoms with Gasteiger partial charge in [-0.2, -0.15) is 9.78 Å². The van der Waals surface area contributed by atoms with Crippen LogP contribution in [0.2, 0.25) is 0 Å². The minimum atomic E-state index is -0.664. The van der Waals surface area contributed by atoms with E-state index in [2.05, 4.69) is 0 Å². The molecular weight excluding hydrogens is 418 g/mol. The van der Waals surface area contributed by atoms with E-state index in [1.54, 1.807) is 0 Å². The van der Waals surface area contributed by atoms with E-state index >= 15 is 0 Å². The normalized spacial score (nSPS) is 13.2. The molecule has 1 aliphatic heterocycles. The molecule has 0 bridgehead atoms. The Balaban J connectivity index is 1.70. The first kappa shape index (κ1) is 20.4. The van der Waals surface area contributed by atoms with Crippen molar-refractivity contribution in [2.45, 2.75) is 13.3 Å². The Hall–Kier alpha value is -4.52. The van der Waals surface area contributed by atoms with Gasteiger partial charge >= 0.3 is 5.69 Å². The quantitative estimate of drug-likeness (QED) is 0.336. The summed E-state index contributed by atoms with van der Waals surface area (Å²) in [5, 5.41) is 25.8. The van der Waals surface area contributed by atoms with Crippen molar-refractivity contribution in [2.24, 2.45) is 0 Å². The van der Waals surface area contributed by atoms with Gasteiger partial charge in [0.2, 0.25) is 0 Å². The number of aromatic hydroxyl groups is 1. The first-order chi connectivity index (χ1) is 16.0. The lowest BCUT2D eigenvalue weighted by atomic mass is 9.90. The highest BCUT2D eigenvalue weighted by molar-refractivity contribution is 6.23. The SMILES string of the molecule is CC1=C(c2ccc(O)c([N+](=O)[O-])c2)C(=O)n2nc(-c3ccccc3)c(-c3ccccc3)c2C1. The number of aromatic nitrogens is 2. The number of hydrogen-bond acceptors (Lipinski definition) is 5. The first-order valence-electron chi connectivity index (χ1n) is 10.4. The van der Waals surface area contributed by atoms with Gasteiger partial charge in [-0.3, -0.25) is 14.9 Å². The molecule has 0 atom stereocenters. The Morgan fingerprint density at radius 3 is 2.21 bits per heavy atom. The molecule has 0 unspecified atom stereocenters. The summed E-state index contributed by atoms with van der Waals surface area (Å²) in [5.41, 5.74) is 5.30. The molecule has 0 fully saturated rings. The molecule has 3 aromatic carbocycles. The molecule has 0 spiro atoms. The molecular formula is C26H19N3O4. The number of fused-ring (bicyclic) bond motifs is 1. The van der Waals surface area contributed by atoms with Crippen LogP contribution in [0.1, 0.15) is 23.0 Å². The molecule has 7 heteroatoms. The lowest BCUT2D eigenvalue weighted by molar-refractivity contribution is -0.385. The highest BCUT2D eigenvalue weighted by atomic mass is 16.6. The number of rotatable bonds is 4. The summed E-state index contributed by atoms with van der Waals surface area (Å²) in [5.74, 6) is -0.795. The largest absolute Gasteiger partial charge is 0.502 e. The van der Waals surface area contributed by atoms with Gasteiger partial charge in [0.15, 0.2) is 5.75 Å². The van der Waals surface area contributed by atoms with Crippen molar-refractivity contribution in [1.82, 2.24) is 9.78 Å². The molecule has 2 heterocycles. The number of nitro benzene ring substituents is 1. The van der Waals surface area contributed by atoms with Crippen molar-refractivity contribution >= 4 is 17.2 Å². The van der Waals surface area contributed by atoms with E-state index in [0.717, 1.165) is 28.0 Å². The van der Waals surface area contributed by atoms with Gasteiger partial charge in [-0.1, -0.05) is 66.2 Å². The minimum absolute atomic E-state index is 0.354. The van der Waals surface area contributed by atoms with E-state index in [-0.39, 0.29) is 5.91 Å². The zero-order valence-electron chi connectivity index (χ0n) is 17.7. The van der Waals surface area contributed by atoms with Crippen molar-refractivity contribution in [3.8, 4) is 28.1 Å². The van der Waals surface area contributed by atoms with Gasteiger partial charge < -0.3 is 5.11 Å². The average molecular weight is 437 g/mol. The number of phenols is 1. The zero-order valence-corrected chi connectivity index (χ0v) is 17.7. The van der Waals surface area contributed by atoms with E-state index < -0.39 is 16.4 Å². The summed E-state index contributed by atoms with van der Waals surface area (Å²) >= 11 is 0. The Labute approximate surface area is 189 Å². The van der Waals surface area contributed by atoms with Crippen molar-refractivity contribution in [1.29, 1.82) is 0 Å². The van der Waals surface area contributed by atoms with Crippen LogP contribution in [0.4, 0.5) is 5.69 Å². The lowest BCUT2D eigenvalue weighted by Gasteiger charge is -2.20. The van der Waals surface area contributed by atoms with Crippen LogP contribution in [0, 0.1) is 10.1 Å². The predicted molar refractivity (Wildman–Crippen MR) is 125 cm³/mol. The molecule has 33 heavy (non-hydrogen) atoms. The Morgan fingerprint density at radius 1 is 0.939 bits per heavy atom. The lowest BCUT2D eigenvalue weighted by Crippen LogP contribution is -2.23. The number of carbonyl (C=O) groups excluding carboxylic acids is 1. The zero-order chi connectivity index (χ0) is 23.1. The van der Waals surface area contributed by atoms with Gasteiger partial charge in [-0.25, -0.2) is 0 Å². The maximum Gasteiger partial charge on any atom is 0.311 e. The number of nitrogens with zero attached hydrogens (tertiary/aromatic N) is 3. The van der Waals surface area contributed by atoms with Crippen molar-refractivity contribution in [2.75, 3.05) is 0 Å². The smallest absolute Gasteiger partial charge is 0.311 e. The number of carbonyl (C=O) groups is 1. The molecule has 4 aromatic rings. The van der Waals surface area contributed by atoms with Crippen molar-refractivity contribution in [3.05, 3.63) is 106 Å². The Morgan fingerprint density at radius 2 is 1.58 bits per heavy atom. The molecule has 1 N–H and O–H groups in total. The molecule has 0 aliphatic carbocycles. The fraction of sp³-hybridized carbons (Fsp3) is 0.0769. The van der Waals surface area contributed by atoms with E-state index in [1.165, 1.54) is 22.9 Å². The summed E-state index contributed by atoms with van der Waals surface area (Å²) in [6.45, 7) is 1.85. The third-order valence-corrected chi connectivity index (χ3v) is 5.82. The van der Waals surface area contributed by atoms with Crippen LogP contribution in [-0.2, 0) is 6.42 Å². The topological polar surface area (TPSA) is 98.3 Å². The molecule has 0 radical (unpaired) electrons. The molecule has 162 valence electrons. The molecule has 5 rings (SSSR count). The Kier molecular flexibility index (Phi) is 4.86. The van der Waals surface area contributed by atoms with E-state index in [1.807, 2.05) is 67.6 Å². The summed E-state index contributed by atoms with van der Waals surface area (Å²) in [6, 6.07) is 23.5. The second-order valence-corrected chi connectivity index (χ2v) is 7.91. The summed E-state index contributed by atoms with van der Waals surface area (Å²) in [4.78, 5) is 24.3. The van der Waals surface area contributed by atoms with Crippen LogP contribution in [0.3, 0.4) is 0 Å². The monoisotopic (exact) mass is 437 g/mol. The van der Waals surface area contributed by atoms with Crippen molar-refractivity contribution in [3.63, 3.8) is 0 Å². The van der Waals surface area contributed by atoms with Crippen LogP contribution in [0.5, 0.6) is 5.75 Å². The van der Waals surface area contributed by atoms with E-state index in [9.17, 15) is 20.0 Å². The molecule has 7 nitrogen and oxygen atoms in total. The van der Waals surface area contributed by atoms with Gasteiger partial charge in [0.25, 0.3) is 5.91 Å². The van der Waals surface area contributed by atoms with Crippen LogP contribution in [0.25, 0.3) is 28.0 Å². The van der Waals surface area contributed by atoms with Gasteiger partial charge in [-0.15, -0.1) is 0 Å². The summed E-state index contributed by atoms with van der Waals surface area (Å²) in [7, 11) is 0. The Bertz CT molecular complexity index is 1440. The van der Waals surface area contributed by atoms with Crippen molar-refractivity contribution < 1.29 is 14.8 Å².